The summed E-state index contributed by atoms with van der Waals surface area (Å²) >= 11 is 0. The topological polar surface area (TPSA) is 103 Å². The molecule has 0 fully saturated rings. The number of anilines is 1. The van der Waals surface area contributed by atoms with Gasteiger partial charge in [-0.25, -0.2) is 4.68 Å². The average molecular weight is 429 g/mol. The molecule has 2 aliphatic rings. The lowest BCUT2D eigenvalue weighted by Gasteiger charge is -2.32. The molecular weight excluding hydrogens is 406 g/mol. The summed E-state index contributed by atoms with van der Waals surface area (Å²) in [6.45, 7) is 4.29. The normalized spacial score (nSPS) is 17.7. The molecule has 0 amide bonds. The Morgan fingerprint density at radius 3 is 2.66 bits per heavy atom. The lowest BCUT2D eigenvalue weighted by Crippen LogP contribution is -2.31. The van der Waals surface area contributed by atoms with Gasteiger partial charge < -0.3 is 5.32 Å². The molecule has 2 aromatic carbocycles. The van der Waals surface area contributed by atoms with E-state index in [-0.39, 0.29) is 17.5 Å². The van der Waals surface area contributed by atoms with Gasteiger partial charge in [-0.3, -0.25) is 14.9 Å². The number of aromatic nitrogens is 3. The molecule has 32 heavy (non-hydrogen) atoms. The molecule has 0 saturated carbocycles. The van der Waals surface area contributed by atoms with Crippen LogP contribution in [0.4, 0.5) is 11.6 Å². The Morgan fingerprint density at radius 2 is 1.94 bits per heavy atom. The number of Topliss-reactive ketones (excluding diaryl/α,β-unsaturated/α-hetero) is 1. The van der Waals surface area contributed by atoms with Crippen molar-refractivity contribution >= 4 is 17.4 Å². The Balaban J connectivity index is 1.63. The Kier molecular flexibility index (Phi) is 4.84. The number of nitrogens with zero attached hydrogens (tertiary/aromatic N) is 4. The predicted molar refractivity (Wildman–Crippen MR) is 120 cm³/mol. The van der Waals surface area contributed by atoms with Gasteiger partial charge in [0, 0.05) is 35.4 Å². The maximum Gasteiger partial charge on any atom is 0.270 e. The van der Waals surface area contributed by atoms with Gasteiger partial charge in [0.15, 0.2) is 11.6 Å². The van der Waals surface area contributed by atoms with Gasteiger partial charge in [0.25, 0.3) is 5.69 Å². The minimum atomic E-state index is -0.435. The van der Waals surface area contributed by atoms with E-state index in [1.54, 1.807) is 16.8 Å². The maximum atomic E-state index is 13.0. The van der Waals surface area contributed by atoms with Crippen molar-refractivity contribution in [3.05, 3.63) is 81.0 Å². The van der Waals surface area contributed by atoms with Gasteiger partial charge in [-0.2, -0.15) is 4.98 Å². The standard InChI is InChI=1S/C24H23N5O3/c1-14(2)15-9-11-16(12-10-15)22-21-19(7-4-8-20(21)30)25-24-26-23(27-28(22)24)17-5-3-6-18(13-17)29(31)32/h3,5-6,9-14,22H,4,7-8H2,1-2H3,(H,25,26,27). The van der Waals surface area contributed by atoms with Crippen molar-refractivity contribution in [1.29, 1.82) is 0 Å². The maximum absolute atomic E-state index is 13.0. The highest BCUT2D eigenvalue weighted by atomic mass is 16.6. The monoisotopic (exact) mass is 429 g/mol. The van der Waals surface area contributed by atoms with Crippen LogP contribution in [0.15, 0.2) is 59.8 Å². The van der Waals surface area contributed by atoms with Crippen molar-refractivity contribution in [2.75, 3.05) is 5.32 Å². The molecule has 5 rings (SSSR count). The molecule has 0 radical (unpaired) electrons. The zero-order chi connectivity index (χ0) is 22.4. The number of benzene rings is 2. The average Bonchev–Trinajstić information content (AvgIpc) is 3.22. The van der Waals surface area contributed by atoms with Gasteiger partial charge in [-0.1, -0.05) is 50.2 Å². The van der Waals surface area contributed by atoms with Crippen molar-refractivity contribution in [3.8, 4) is 11.4 Å². The number of ketones is 1. The third-order valence-corrected chi connectivity index (χ3v) is 6.10. The summed E-state index contributed by atoms with van der Waals surface area (Å²) < 4.78 is 1.74. The molecule has 1 aliphatic heterocycles. The molecule has 1 aliphatic carbocycles. The van der Waals surface area contributed by atoms with E-state index in [1.165, 1.54) is 17.7 Å². The summed E-state index contributed by atoms with van der Waals surface area (Å²) in [4.78, 5) is 28.4. The van der Waals surface area contributed by atoms with Crippen LogP contribution in [0.2, 0.25) is 0 Å². The highest BCUT2D eigenvalue weighted by Gasteiger charge is 2.37. The predicted octanol–water partition coefficient (Wildman–Crippen LogP) is 5.00. The molecule has 0 spiro atoms. The van der Waals surface area contributed by atoms with E-state index in [0.717, 1.165) is 29.7 Å². The zero-order valence-corrected chi connectivity index (χ0v) is 17.9. The first-order chi connectivity index (χ1) is 15.4. The van der Waals surface area contributed by atoms with Crippen LogP contribution in [0, 0.1) is 10.1 Å². The fourth-order valence-electron chi connectivity index (χ4n) is 4.41. The number of nitrogens with one attached hydrogen (secondary N) is 1. The first-order valence-electron chi connectivity index (χ1n) is 10.8. The smallest absolute Gasteiger partial charge is 0.270 e. The number of fused-ring (bicyclic) bond motifs is 1. The van der Waals surface area contributed by atoms with Crippen LogP contribution in [0.5, 0.6) is 0 Å². The lowest BCUT2D eigenvalue weighted by atomic mass is 9.85. The Hall–Kier alpha value is -3.81. The van der Waals surface area contributed by atoms with Gasteiger partial charge in [0.2, 0.25) is 5.95 Å². The minimum Gasteiger partial charge on any atom is -0.328 e. The van der Waals surface area contributed by atoms with Crippen LogP contribution in [-0.2, 0) is 4.79 Å². The number of allylic oxidation sites excluding steroid dienone is 2. The van der Waals surface area contributed by atoms with Crippen LogP contribution in [0.3, 0.4) is 0 Å². The molecule has 1 N–H and O–H groups in total. The quantitative estimate of drug-likeness (QED) is 0.462. The Labute approximate surface area is 185 Å². The molecule has 1 unspecified atom stereocenters. The molecule has 2 heterocycles. The molecule has 8 nitrogen and oxygen atoms in total. The van der Waals surface area contributed by atoms with Gasteiger partial charge in [0.05, 0.1) is 4.92 Å². The van der Waals surface area contributed by atoms with E-state index in [2.05, 4.69) is 48.4 Å². The van der Waals surface area contributed by atoms with Crippen molar-refractivity contribution in [2.45, 2.75) is 45.1 Å². The number of nitro groups is 1. The molecule has 0 bridgehead atoms. The number of carbonyl (C=O) groups excluding carboxylic acids is 1. The first kappa shape index (κ1) is 20.1. The van der Waals surface area contributed by atoms with E-state index < -0.39 is 4.92 Å². The summed E-state index contributed by atoms with van der Waals surface area (Å²) in [5.74, 6) is 1.45. The number of carbonyl (C=O) groups is 1. The fraction of sp³-hybridized carbons (Fsp3) is 0.292. The van der Waals surface area contributed by atoms with E-state index in [4.69, 9.17) is 5.10 Å². The van der Waals surface area contributed by atoms with Crippen molar-refractivity contribution in [3.63, 3.8) is 0 Å². The van der Waals surface area contributed by atoms with Gasteiger partial charge in [0.1, 0.15) is 6.04 Å². The van der Waals surface area contributed by atoms with Crippen LogP contribution >= 0.6 is 0 Å². The summed E-state index contributed by atoms with van der Waals surface area (Å²) in [6.07, 6.45) is 2.10. The van der Waals surface area contributed by atoms with Crippen LogP contribution in [0.25, 0.3) is 11.4 Å². The van der Waals surface area contributed by atoms with Crippen molar-refractivity contribution in [1.82, 2.24) is 14.8 Å². The summed E-state index contributed by atoms with van der Waals surface area (Å²) in [7, 11) is 0. The van der Waals surface area contributed by atoms with Crippen LogP contribution in [-0.4, -0.2) is 25.5 Å². The number of hydrogen-bond acceptors (Lipinski definition) is 6. The summed E-state index contributed by atoms with van der Waals surface area (Å²) in [5.41, 5.74) is 4.36. The molecular formula is C24H23N5O3. The second-order valence-corrected chi connectivity index (χ2v) is 8.53. The van der Waals surface area contributed by atoms with Gasteiger partial charge >= 0.3 is 0 Å². The SMILES string of the molecule is CC(C)c1ccc(C2C3=C(CCCC3=O)Nc3nc(-c4cccc([N+](=O)[O-])c4)nn32)cc1. The third-order valence-electron chi connectivity index (χ3n) is 6.10. The van der Waals surface area contributed by atoms with Crippen molar-refractivity contribution in [2.24, 2.45) is 0 Å². The number of hydrogen-bond donors (Lipinski definition) is 1. The van der Waals surface area contributed by atoms with E-state index in [0.29, 0.717) is 29.7 Å². The zero-order valence-electron chi connectivity index (χ0n) is 17.9. The molecule has 0 saturated heterocycles. The number of nitro benzene ring substituents is 1. The molecule has 1 atom stereocenters. The molecule has 162 valence electrons. The van der Waals surface area contributed by atoms with Gasteiger partial charge in [-0.05, 0) is 29.9 Å². The Morgan fingerprint density at radius 1 is 1.16 bits per heavy atom. The highest BCUT2D eigenvalue weighted by Crippen LogP contribution is 2.41. The van der Waals surface area contributed by atoms with E-state index in [1.807, 2.05) is 0 Å². The summed E-state index contributed by atoms with van der Waals surface area (Å²) in [6, 6.07) is 14.2. The Bertz CT molecular complexity index is 1260. The van der Waals surface area contributed by atoms with E-state index >= 15 is 0 Å². The molecule has 1 aromatic heterocycles. The minimum absolute atomic E-state index is 0.0170. The molecule has 3 aromatic rings. The van der Waals surface area contributed by atoms with Crippen LogP contribution in [0.1, 0.15) is 56.2 Å². The first-order valence-corrected chi connectivity index (χ1v) is 10.8. The summed E-state index contributed by atoms with van der Waals surface area (Å²) in [5, 5.41) is 19.2. The second-order valence-electron chi connectivity index (χ2n) is 8.53. The largest absolute Gasteiger partial charge is 0.328 e. The van der Waals surface area contributed by atoms with Crippen LogP contribution < -0.4 is 5.32 Å². The third kappa shape index (κ3) is 3.37. The van der Waals surface area contributed by atoms with Gasteiger partial charge in [-0.15, -0.1) is 5.10 Å². The molecule has 8 heteroatoms. The number of non-ortho nitro benzene ring substituents is 1. The van der Waals surface area contributed by atoms with Crippen molar-refractivity contribution < 1.29 is 9.72 Å². The van der Waals surface area contributed by atoms with E-state index in [9.17, 15) is 14.9 Å². The second kappa shape index (κ2) is 7.71. The highest BCUT2D eigenvalue weighted by molar-refractivity contribution is 5.99. The number of rotatable bonds is 4. The lowest BCUT2D eigenvalue weighted by molar-refractivity contribution is -0.384. The fourth-order valence-corrected chi connectivity index (χ4v) is 4.41.